The molecule has 1 aromatic rings. The molecule has 1 heterocycles. The van der Waals surface area contributed by atoms with Crippen LogP contribution in [0.15, 0.2) is 15.4 Å². The number of anilines is 1. The lowest BCUT2D eigenvalue weighted by atomic mass is 10.7. The van der Waals surface area contributed by atoms with Gasteiger partial charge in [-0.3, -0.25) is 0 Å². The summed E-state index contributed by atoms with van der Waals surface area (Å²) < 4.78 is 1.44. The zero-order valence-corrected chi connectivity index (χ0v) is 8.40. The fraction of sp³-hybridized carbons (Fsp3) is 0.200. The molecule has 0 atom stereocenters. The van der Waals surface area contributed by atoms with E-state index in [4.69, 9.17) is 0 Å². The van der Waals surface area contributed by atoms with Crippen molar-refractivity contribution >= 4 is 37.7 Å². The first kappa shape index (κ1) is 7.94. The normalized spacial score (nSPS) is 9.50. The predicted molar refractivity (Wildman–Crippen MR) is 47.0 cm³/mol. The fourth-order valence-corrected chi connectivity index (χ4v) is 1.18. The zero-order chi connectivity index (χ0) is 7.56. The van der Waals surface area contributed by atoms with Crippen LogP contribution < -0.4 is 5.32 Å². The maximum Gasteiger partial charge on any atom is 0.160 e. The molecule has 0 saturated heterocycles. The van der Waals surface area contributed by atoms with E-state index < -0.39 is 0 Å². The Labute approximate surface area is 75.5 Å². The van der Waals surface area contributed by atoms with Crippen molar-refractivity contribution in [3.8, 4) is 0 Å². The summed E-state index contributed by atoms with van der Waals surface area (Å²) >= 11 is 6.44. The van der Waals surface area contributed by atoms with E-state index in [0.29, 0.717) is 0 Å². The van der Waals surface area contributed by atoms with Gasteiger partial charge in [0, 0.05) is 7.05 Å². The molecular weight excluding hydrogens is 262 g/mol. The third-order valence-corrected chi connectivity index (χ3v) is 1.90. The summed E-state index contributed by atoms with van der Waals surface area (Å²) in [5.41, 5.74) is 0. The molecular formula is C5H5Br2N3. The number of rotatable bonds is 1. The molecule has 54 valence electrons. The second kappa shape index (κ2) is 3.30. The first-order valence-corrected chi connectivity index (χ1v) is 4.18. The predicted octanol–water partition coefficient (Wildman–Crippen LogP) is 2.04. The van der Waals surface area contributed by atoms with Crippen LogP contribution in [0.4, 0.5) is 5.82 Å². The van der Waals surface area contributed by atoms with Crippen LogP contribution in [-0.4, -0.2) is 17.0 Å². The van der Waals surface area contributed by atoms with Crippen LogP contribution in [0.1, 0.15) is 0 Å². The van der Waals surface area contributed by atoms with Crippen LogP contribution in [0.5, 0.6) is 0 Å². The van der Waals surface area contributed by atoms with Crippen molar-refractivity contribution in [1.29, 1.82) is 0 Å². The standard InChI is InChI=1S/C5H5Br2N3/c1-8-5-4(7)9-2-3(6)10-5/h2H,1H3,(H,8,10). The van der Waals surface area contributed by atoms with E-state index in [1.807, 2.05) is 0 Å². The number of halogens is 2. The molecule has 10 heavy (non-hydrogen) atoms. The molecule has 5 heteroatoms. The topological polar surface area (TPSA) is 37.8 Å². The summed E-state index contributed by atoms with van der Waals surface area (Å²) in [5, 5.41) is 2.89. The minimum absolute atomic E-state index is 0.721. The number of aromatic nitrogens is 2. The Kier molecular flexibility index (Phi) is 2.62. The van der Waals surface area contributed by atoms with Crippen molar-refractivity contribution in [1.82, 2.24) is 9.97 Å². The molecule has 0 aromatic carbocycles. The van der Waals surface area contributed by atoms with Gasteiger partial charge in [0.05, 0.1) is 6.20 Å². The lowest BCUT2D eigenvalue weighted by Gasteiger charge is -1.99. The molecule has 1 rings (SSSR count). The van der Waals surface area contributed by atoms with Crippen LogP contribution in [0.2, 0.25) is 0 Å². The van der Waals surface area contributed by atoms with Gasteiger partial charge in [-0.15, -0.1) is 0 Å². The van der Waals surface area contributed by atoms with E-state index >= 15 is 0 Å². The largest absolute Gasteiger partial charge is 0.371 e. The van der Waals surface area contributed by atoms with Gasteiger partial charge in [0.2, 0.25) is 0 Å². The number of hydrogen-bond donors (Lipinski definition) is 1. The van der Waals surface area contributed by atoms with Gasteiger partial charge in [-0.05, 0) is 31.9 Å². The molecule has 0 fully saturated rings. The van der Waals surface area contributed by atoms with Gasteiger partial charge in [0.25, 0.3) is 0 Å². The van der Waals surface area contributed by atoms with Crippen LogP contribution in [0.3, 0.4) is 0 Å². The van der Waals surface area contributed by atoms with E-state index in [2.05, 4.69) is 47.1 Å². The summed E-state index contributed by atoms with van der Waals surface area (Å²) in [7, 11) is 1.79. The summed E-state index contributed by atoms with van der Waals surface area (Å²) in [6.45, 7) is 0. The quantitative estimate of drug-likeness (QED) is 0.846. The Morgan fingerprint density at radius 3 is 2.70 bits per heavy atom. The first-order valence-electron chi connectivity index (χ1n) is 2.60. The van der Waals surface area contributed by atoms with E-state index in [-0.39, 0.29) is 0 Å². The monoisotopic (exact) mass is 265 g/mol. The highest BCUT2D eigenvalue weighted by molar-refractivity contribution is 9.11. The molecule has 0 spiro atoms. The van der Waals surface area contributed by atoms with Gasteiger partial charge in [-0.25, -0.2) is 9.97 Å². The average molecular weight is 267 g/mol. The Balaban J connectivity index is 3.09. The van der Waals surface area contributed by atoms with Gasteiger partial charge < -0.3 is 5.32 Å². The zero-order valence-electron chi connectivity index (χ0n) is 5.23. The van der Waals surface area contributed by atoms with Gasteiger partial charge in [-0.2, -0.15) is 0 Å². The molecule has 0 aliphatic heterocycles. The van der Waals surface area contributed by atoms with Gasteiger partial charge in [0.1, 0.15) is 9.21 Å². The Hall–Kier alpha value is -0.160. The number of hydrogen-bond acceptors (Lipinski definition) is 3. The van der Waals surface area contributed by atoms with Crippen molar-refractivity contribution in [3.05, 3.63) is 15.4 Å². The van der Waals surface area contributed by atoms with Crippen molar-refractivity contribution in [2.24, 2.45) is 0 Å². The van der Waals surface area contributed by atoms with E-state index in [9.17, 15) is 0 Å². The van der Waals surface area contributed by atoms with Crippen molar-refractivity contribution in [2.45, 2.75) is 0 Å². The van der Waals surface area contributed by atoms with Gasteiger partial charge in [0.15, 0.2) is 5.82 Å². The summed E-state index contributed by atoms with van der Waals surface area (Å²) in [6.07, 6.45) is 1.63. The highest BCUT2D eigenvalue weighted by Crippen LogP contribution is 2.17. The molecule has 0 aliphatic carbocycles. The first-order chi connectivity index (χ1) is 4.74. The van der Waals surface area contributed by atoms with E-state index in [1.165, 1.54) is 0 Å². The summed E-state index contributed by atoms with van der Waals surface area (Å²) in [4.78, 5) is 8.08. The average Bonchev–Trinajstić information content (AvgIpc) is 1.94. The lowest BCUT2D eigenvalue weighted by Crippen LogP contribution is -1.95. The number of nitrogens with one attached hydrogen (secondary N) is 1. The van der Waals surface area contributed by atoms with Gasteiger partial charge in [-0.1, -0.05) is 0 Å². The minimum atomic E-state index is 0.721. The Morgan fingerprint density at radius 2 is 2.20 bits per heavy atom. The third-order valence-electron chi connectivity index (χ3n) is 0.935. The second-order valence-corrected chi connectivity index (χ2v) is 3.15. The number of nitrogens with zero attached hydrogens (tertiary/aromatic N) is 2. The molecule has 0 radical (unpaired) electrons. The maximum atomic E-state index is 4.09. The van der Waals surface area contributed by atoms with Crippen LogP contribution in [-0.2, 0) is 0 Å². The Bertz CT molecular complexity index is 238. The second-order valence-electron chi connectivity index (χ2n) is 1.58. The highest BCUT2D eigenvalue weighted by atomic mass is 79.9. The molecule has 0 bridgehead atoms. The van der Waals surface area contributed by atoms with Crippen LogP contribution >= 0.6 is 31.9 Å². The highest BCUT2D eigenvalue weighted by Gasteiger charge is 1.99. The summed E-state index contributed by atoms with van der Waals surface area (Å²) in [6, 6.07) is 0. The van der Waals surface area contributed by atoms with Gasteiger partial charge >= 0.3 is 0 Å². The lowest BCUT2D eigenvalue weighted by molar-refractivity contribution is 1.12. The third kappa shape index (κ3) is 1.67. The SMILES string of the molecule is CNc1nc(Br)cnc1Br. The molecule has 0 unspecified atom stereocenters. The maximum absolute atomic E-state index is 4.09. The molecule has 0 amide bonds. The molecule has 0 saturated carbocycles. The molecule has 1 N–H and O–H groups in total. The summed E-state index contributed by atoms with van der Waals surface area (Å²) in [5.74, 6) is 0.731. The van der Waals surface area contributed by atoms with Crippen LogP contribution in [0.25, 0.3) is 0 Å². The van der Waals surface area contributed by atoms with Crippen molar-refractivity contribution in [3.63, 3.8) is 0 Å². The Morgan fingerprint density at radius 1 is 1.50 bits per heavy atom. The molecule has 0 aliphatic rings. The fourth-order valence-electron chi connectivity index (χ4n) is 0.512. The minimum Gasteiger partial charge on any atom is -0.371 e. The van der Waals surface area contributed by atoms with Crippen LogP contribution in [0, 0.1) is 0 Å². The smallest absolute Gasteiger partial charge is 0.160 e. The molecule has 3 nitrogen and oxygen atoms in total. The van der Waals surface area contributed by atoms with Crippen molar-refractivity contribution in [2.75, 3.05) is 12.4 Å². The molecule has 1 aromatic heterocycles. The van der Waals surface area contributed by atoms with E-state index in [1.54, 1.807) is 13.2 Å². The van der Waals surface area contributed by atoms with Crippen molar-refractivity contribution < 1.29 is 0 Å². The van der Waals surface area contributed by atoms with E-state index in [0.717, 1.165) is 15.0 Å².